The van der Waals surface area contributed by atoms with Gasteiger partial charge in [-0.15, -0.1) is 0 Å². The molecule has 0 spiro atoms. The van der Waals surface area contributed by atoms with Crippen LogP contribution in [0.3, 0.4) is 0 Å². The predicted octanol–water partition coefficient (Wildman–Crippen LogP) is 2.75. The lowest BCUT2D eigenvalue weighted by Crippen LogP contribution is -2.35. The summed E-state index contributed by atoms with van der Waals surface area (Å²) in [5, 5.41) is 3.53. The molecule has 23 heavy (non-hydrogen) atoms. The minimum absolute atomic E-state index is 0.861. The van der Waals surface area contributed by atoms with E-state index < -0.39 is 0 Å². The summed E-state index contributed by atoms with van der Waals surface area (Å²) in [6.07, 6.45) is 0. The van der Waals surface area contributed by atoms with Crippen molar-refractivity contribution in [3.63, 3.8) is 0 Å². The molecule has 0 unspecified atom stereocenters. The minimum Gasteiger partial charge on any atom is -0.379 e. The monoisotopic (exact) mass is 313 g/mol. The van der Waals surface area contributed by atoms with Gasteiger partial charge in [-0.2, -0.15) is 0 Å². The first-order chi connectivity index (χ1) is 11.2. The lowest BCUT2D eigenvalue weighted by Gasteiger charge is -2.26. The number of aromatic amines is 1. The number of aromatic nitrogens is 1. The van der Waals surface area contributed by atoms with Crippen LogP contribution in [-0.2, 0) is 24.4 Å². The number of H-pyrrole nitrogens is 1. The maximum Gasteiger partial charge on any atom is 0.0594 e. The maximum absolute atomic E-state index is 5.39. The molecule has 1 aliphatic heterocycles. The summed E-state index contributed by atoms with van der Waals surface area (Å²) in [6, 6.07) is 11.2. The fourth-order valence-electron chi connectivity index (χ4n) is 3.09. The van der Waals surface area contributed by atoms with E-state index in [1.165, 1.54) is 28.1 Å². The van der Waals surface area contributed by atoms with E-state index in [1.807, 2.05) is 0 Å². The Morgan fingerprint density at radius 1 is 1.04 bits per heavy atom. The molecule has 1 aromatic heterocycles. The molecule has 3 rings (SSSR count). The normalized spacial score (nSPS) is 15.9. The van der Waals surface area contributed by atoms with Crippen molar-refractivity contribution in [1.29, 1.82) is 0 Å². The Kier molecular flexibility index (Phi) is 5.49. The molecule has 124 valence electrons. The van der Waals surface area contributed by atoms with Gasteiger partial charge in [0.1, 0.15) is 0 Å². The van der Waals surface area contributed by atoms with Crippen LogP contribution in [0.1, 0.15) is 28.1 Å². The maximum atomic E-state index is 5.39. The van der Waals surface area contributed by atoms with E-state index in [9.17, 15) is 0 Å². The zero-order chi connectivity index (χ0) is 16.1. The third-order valence-corrected chi connectivity index (χ3v) is 4.43. The Morgan fingerprint density at radius 2 is 1.74 bits per heavy atom. The summed E-state index contributed by atoms with van der Waals surface area (Å²) in [4.78, 5) is 5.80. The lowest BCUT2D eigenvalue weighted by molar-refractivity contribution is 0.0342. The highest BCUT2D eigenvalue weighted by molar-refractivity contribution is 5.25. The molecule has 1 aromatic carbocycles. The Bertz CT molecular complexity index is 612. The number of hydrogen-bond acceptors (Lipinski definition) is 3. The van der Waals surface area contributed by atoms with Crippen LogP contribution >= 0.6 is 0 Å². The van der Waals surface area contributed by atoms with Gasteiger partial charge in [0.15, 0.2) is 0 Å². The summed E-state index contributed by atoms with van der Waals surface area (Å²) < 4.78 is 5.39. The van der Waals surface area contributed by atoms with Crippen molar-refractivity contribution in [2.45, 2.75) is 33.5 Å². The molecule has 0 radical (unpaired) electrons. The molecule has 4 heteroatoms. The summed E-state index contributed by atoms with van der Waals surface area (Å²) in [6.45, 7) is 10.9. The van der Waals surface area contributed by atoms with Gasteiger partial charge >= 0.3 is 0 Å². The minimum atomic E-state index is 0.861. The molecule has 2 aromatic rings. The molecule has 0 saturated carbocycles. The van der Waals surface area contributed by atoms with Crippen LogP contribution in [-0.4, -0.2) is 36.2 Å². The Balaban J connectivity index is 1.46. The quantitative estimate of drug-likeness (QED) is 0.861. The van der Waals surface area contributed by atoms with Gasteiger partial charge in [0, 0.05) is 44.1 Å². The second-order valence-corrected chi connectivity index (χ2v) is 6.41. The number of morpholine rings is 1. The van der Waals surface area contributed by atoms with Gasteiger partial charge in [-0.1, -0.05) is 24.3 Å². The highest BCUT2D eigenvalue weighted by atomic mass is 16.5. The van der Waals surface area contributed by atoms with Gasteiger partial charge in [0.05, 0.1) is 13.2 Å². The SMILES string of the molecule is Cc1cc(CNCc2ccc(CN3CCOCC3)cc2)c(C)[nH]1. The highest BCUT2D eigenvalue weighted by Gasteiger charge is 2.10. The van der Waals surface area contributed by atoms with Crippen LogP contribution in [0.25, 0.3) is 0 Å². The topological polar surface area (TPSA) is 40.3 Å². The molecule has 0 aliphatic carbocycles. The van der Waals surface area contributed by atoms with Crippen molar-refractivity contribution in [3.05, 3.63) is 58.4 Å². The largest absolute Gasteiger partial charge is 0.379 e. The molecule has 2 N–H and O–H groups in total. The van der Waals surface area contributed by atoms with Gasteiger partial charge in [-0.25, -0.2) is 0 Å². The number of benzene rings is 1. The van der Waals surface area contributed by atoms with E-state index in [4.69, 9.17) is 4.74 Å². The number of ether oxygens (including phenoxy) is 1. The molecule has 4 nitrogen and oxygen atoms in total. The van der Waals surface area contributed by atoms with E-state index in [2.05, 4.69) is 59.4 Å². The average Bonchev–Trinajstić information content (AvgIpc) is 2.88. The summed E-state index contributed by atoms with van der Waals surface area (Å²) in [5.41, 5.74) is 6.56. The summed E-state index contributed by atoms with van der Waals surface area (Å²) in [7, 11) is 0. The van der Waals surface area contributed by atoms with Gasteiger partial charge in [-0.05, 0) is 36.6 Å². The van der Waals surface area contributed by atoms with Crippen LogP contribution in [0.15, 0.2) is 30.3 Å². The van der Waals surface area contributed by atoms with E-state index in [0.717, 1.165) is 45.9 Å². The van der Waals surface area contributed by atoms with Crippen LogP contribution < -0.4 is 5.32 Å². The van der Waals surface area contributed by atoms with Crippen LogP contribution in [0.5, 0.6) is 0 Å². The first kappa shape index (κ1) is 16.2. The molecule has 1 aliphatic rings. The zero-order valence-corrected chi connectivity index (χ0v) is 14.2. The fraction of sp³-hybridized carbons (Fsp3) is 0.474. The van der Waals surface area contributed by atoms with Gasteiger partial charge in [0.25, 0.3) is 0 Å². The third kappa shape index (κ3) is 4.67. The predicted molar refractivity (Wildman–Crippen MR) is 93.3 cm³/mol. The standard InChI is InChI=1S/C19H27N3O/c1-15-11-19(16(2)21-15)13-20-12-17-3-5-18(6-4-17)14-22-7-9-23-10-8-22/h3-6,11,20-21H,7-10,12-14H2,1-2H3. The Labute approximate surface area is 138 Å². The molecule has 0 amide bonds. The van der Waals surface area contributed by atoms with Gasteiger partial charge < -0.3 is 15.0 Å². The van der Waals surface area contributed by atoms with Crippen molar-refractivity contribution in [2.24, 2.45) is 0 Å². The van der Waals surface area contributed by atoms with E-state index in [1.54, 1.807) is 0 Å². The average molecular weight is 313 g/mol. The number of hydrogen-bond donors (Lipinski definition) is 2. The molecule has 1 saturated heterocycles. The van der Waals surface area contributed by atoms with Crippen LogP contribution in [0, 0.1) is 13.8 Å². The van der Waals surface area contributed by atoms with E-state index >= 15 is 0 Å². The molecular weight excluding hydrogens is 286 g/mol. The second kappa shape index (κ2) is 7.77. The number of aryl methyl sites for hydroxylation is 2. The second-order valence-electron chi connectivity index (χ2n) is 6.41. The summed E-state index contributed by atoms with van der Waals surface area (Å²) >= 11 is 0. The van der Waals surface area contributed by atoms with Crippen molar-refractivity contribution in [3.8, 4) is 0 Å². The fourth-order valence-corrected chi connectivity index (χ4v) is 3.09. The van der Waals surface area contributed by atoms with Crippen molar-refractivity contribution >= 4 is 0 Å². The number of nitrogens with one attached hydrogen (secondary N) is 2. The smallest absolute Gasteiger partial charge is 0.0594 e. The Hall–Kier alpha value is -1.62. The van der Waals surface area contributed by atoms with Crippen molar-refractivity contribution in [2.75, 3.05) is 26.3 Å². The molecule has 0 bridgehead atoms. The molecule has 1 fully saturated rings. The third-order valence-electron chi connectivity index (χ3n) is 4.43. The Morgan fingerprint density at radius 3 is 2.39 bits per heavy atom. The van der Waals surface area contributed by atoms with E-state index in [-0.39, 0.29) is 0 Å². The lowest BCUT2D eigenvalue weighted by atomic mass is 10.1. The van der Waals surface area contributed by atoms with E-state index in [0.29, 0.717) is 0 Å². The highest BCUT2D eigenvalue weighted by Crippen LogP contribution is 2.11. The molecule has 0 atom stereocenters. The zero-order valence-electron chi connectivity index (χ0n) is 14.2. The number of nitrogens with zero attached hydrogens (tertiary/aromatic N) is 1. The summed E-state index contributed by atoms with van der Waals surface area (Å²) in [5.74, 6) is 0. The first-order valence-electron chi connectivity index (χ1n) is 8.44. The van der Waals surface area contributed by atoms with Crippen molar-refractivity contribution < 1.29 is 4.74 Å². The first-order valence-corrected chi connectivity index (χ1v) is 8.44. The van der Waals surface area contributed by atoms with Crippen LogP contribution in [0.4, 0.5) is 0 Å². The molecule has 2 heterocycles. The van der Waals surface area contributed by atoms with Crippen molar-refractivity contribution in [1.82, 2.24) is 15.2 Å². The number of rotatable bonds is 6. The van der Waals surface area contributed by atoms with Gasteiger partial charge in [-0.3, -0.25) is 4.90 Å². The van der Waals surface area contributed by atoms with Gasteiger partial charge in [0.2, 0.25) is 0 Å². The molecular formula is C19H27N3O. The van der Waals surface area contributed by atoms with Crippen LogP contribution in [0.2, 0.25) is 0 Å².